The molecule has 1 aliphatic carbocycles. The van der Waals surface area contributed by atoms with Gasteiger partial charge in [-0.15, -0.1) is 0 Å². The smallest absolute Gasteiger partial charge is 0.168 e. The molecule has 0 aromatic heterocycles. The fourth-order valence-electron chi connectivity index (χ4n) is 2.05. The Labute approximate surface area is 97.1 Å². The summed E-state index contributed by atoms with van der Waals surface area (Å²) in [5.74, 6) is 0.199. The summed E-state index contributed by atoms with van der Waals surface area (Å²) in [6, 6.07) is 0. The molecular formula is C13H20O3. The number of hydrogen-bond donors (Lipinski definition) is 0. The molecule has 0 bridgehead atoms. The van der Waals surface area contributed by atoms with E-state index in [4.69, 9.17) is 9.47 Å². The molecular weight excluding hydrogens is 204 g/mol. The summed E-state index contributed by atoms with van der Waals surface area (Å²) in [5, 5.41) is 0. The zero-order valence-corrected chi connectivity index (χ0v) is 10.5. The molecule has 3 heteroatoms. The number of ether oxygens (including phenoxy) is 2. The summed E-state index contributed by atoms with van der Waals surface area (Å²) in [7, 11) is 3.26. The van der Waals surface area contributed by atoms with Gasteiger partial charge in [-0.1, -0.05) is 11.6 Å². The minimum atomic E-state index is 0.000278. The van der Waals surface area contributed by atoms with Crippen LogP contribution in [0.25, 0.3) is 0 Å². The molecule has 0 aromatic carbocycles. The maximum Gasteiger partial charge on any atom is 0.168 e. The van der Waals surface area contributed by atoms with Crippen molar-refractivity contribution in [2.45, 2.75) is 20.3 Å². The third-order valence-corrected chi connectivity index (χ3v) is 3.10. The van der Waals surface area contributed by atoms with Crippen molar-refractivity contribution in [2.75, 3.05) is 27.4 Å². The van der Waals surface area contributed by atoms with E-state index in [1.54, 1.807) is 14.2 Å². The number of hydrogen-bond acceptors (Lipinski definition) is 3. The van der Waals surface area contributed by atoms with Gasteiger partial charge in [0.05, 0.1) is 13.2 Å². The topological polar surface area (TPSA) is 35.5 Å². The van der Waals surface area contributed by atoms with Crippen molar-refractivity contribution in [1.82, 2.24) is 0 Å². The average Bonchev–Trinajstić information content (AvgIpc) is 2.58. The Kier molecular flexibility index (Phi) is 4.90. The third kappa shape index (κ3) is 2.60. The average molecular weight is 224 g/mol. The summed E-state index contributed by atoms with van der Waals surface area (Å²) in [6.07, 6.45) is 2.78. The quantitative estimate of drug-likeness (QED) is 0.671. The molecule has 0 aliphatic heterocycles. The van der Waals surface area contributed by atoms with Crippen LogP contribution in [0.5, 0.6) is 0 Å². The van der Waals surface area contributed by atoms with Crippen LogP contribution in [0.4, 0.5) is 0 Å². The summed E-state index contributed by atoms with van der Waals surface area (Å²) in [4.78, 5) is 12.1. The minimum absolute atomic E-state index is 0.000278. The Morgan fingerprint density at radius 3 is 2.50 bits per heavy atom. The Hall–Kier alpha value is -0.930. The highest BCUT2D eigenvalue weighted by Gasteiger charge is 2.33. The molecule has 16 heavy (non-hydrogen) atoms. The van der Waals surface area contributed by atoms with Crippen LogP contribution in [0.1, 0.15) is 20.3 Å². The molecule has 0 amide bonds. The van der Waals surface area contributed by atoms with Crippen molar-refractivity contribution in [3.63, 3.8) is 0 Å². The van der Waals surface area contributed by atoms with Gasteiger partial charge in [0.2, 0.25) is 0 Å². The van der Waals surface area contributed by atoms with E-state index in [1.807, 2.05) is 19.9 Å². The first-order valence-corrected chi connectivity index (χ1v) is 5.51. The van der Waals surface area contributed by atoms with Crippen LogP contribution in [0.3, 0.4) is 0 Å². The van der Waals surface area contributed by atoms with E-state index in [2.05, 4.69) is 0 Å². The van der Waals surface area contributed by atoms with Crippen LogP contribution in [0.15, 0.2) is 22.8 Å². The Balaban J connectivity index is 2.89. The first kappa shape index (κ1) is 13.1. The summed E-state index contributed by atoms with van der Waals surface area (Å²) in [5.41, 5.74) is 3.01. The lowest BCUT2D eigenvalue weighted by molar-refractivity contribution is -0.117. The van der Waals surface area contributed by atoms with Crippen LogP contribution in [-0.4, -0.2) is 33.2 Å². The molecule has 0 saturated heterocycles. The molecule has 90 valence electrons. The van der Waals surface area contributed by atoms with Crippen molar-refractivity contribution in [1.29, 1.82) is 0 Å². The Morgan fingerprint density at radius 2 is 2.00 bits per heavy atom. The first-order chi connectivity index (χ1) is 7.65. The van der Waals surface area contributed by atoms with Crippen LogP contribution < -0.4 is 0 Å². The minimum Gasteiger partial charge on any atom is -0.380 e. The van der Waals surface area contributed by atoms with Crippen molar-refractivity contribution in [3.8, 4) is 0 Å². The van der Waals surface area contributed by atoms with E-state index in [1.165, 1.54) is 0 Å². The van der Waals surface area contributed by atoms with Gasteiger partial charge in [0.1, 0.15) is 0 Å². The van der Waals surface area contributed by atoms with E-state index in [9.17, 15) is 4.79 Å². The van der Waals surface area contributed by atoms with Gasteiger partial charge in [0.25, 0.3) is 0 Å². The lowest BCUT2D eigenvalue weighted by Crippen LogP contribution is -2.13. The predicted octanol–water partition coefficient (Wildman–Crippen LogP) is 2.13. The highest BCUT2D eigenvalue weighted by atomic mass is 16.5. The number of allylic oxidation sites excluding steroid dienone is 2. The van der Waals surface area contributed by atoms with Gasteiger partial charge in [-0.25, -0.2) is 0 Å². The predicted molar refractivity (Wildman–Crippen MR) is 63.3 cm³/mol. The molecule has 0 spiro atoms. The molecule has 1 aliphatic rings. The van der Waals surface area contributed by atoms with Crippen LogP contribution >= 0.6 is 0 Å². The van der Waals surface area contributed by atoms with E-state index in [0.29, 0.717) is 13.2 Å². The zero-order chi connectivity index (χ0) is 12.1. The SMILES string of the molecule is C/C=C(\C)C1CC(COC)=C(COC)C1=O. The Bertz CT molecular complexity index is 326. The highest BCUT2D eigenvalue weighted by molar-refractivity contribution is 6.02. The van der Waals surface area contributed by atoms with Gasteiger partial charge in [-0.3, -0.25) is 4.79 Å². The monoisotopic (exact) mass is 224 g/mol. The second-order valence-electron chi connectivity index (χ2n) is 4.10. The number of rotatable bonds is 5. The summed E-state index contributed by atoms with van der Waals surface area (Å²) in [6.45, 7) is 4.89. The largest absolute Gasteiger partial charge is 0.380 e. The van der Waals surface area contributed by atoms with Crippen molar-refractivity contribution in [2.24, 2.45) is 5.92 Å². The molecule has 0 saturated carbocycles. The second-order valence-corrected chi connectivity index (χ2v) is 4.10. The van der Waals surface area contributed by atoms with Gasteiger partial charge in [0.15, 0.2) is 5.78 Å². The maximum atomic E-state index is 12.1. The third-order valence-electron chi connectivity index (χ3n) is 3.10. The van der Waals surface area contributed by atoms with Crippen LogP contribution in [-0.2, 0) is 14.3 Å². The molecule has 3 nitrogen and oxygen atoms in total. The number of methoxy groups -OCH3 is 2. The number of carbonyl (C=O) groups is 1. The van der Waals surface area contributed by atoms with E-state index in [-0.39, 0.29) is 11.7 Å². The van der Waals surface area contributed by atoms with Crippen LogP contribution in [0, 0.1) is 5.92 Å². The van der Waals surface area contributed by atoms with Crippen molar-refractivity contribution < 1.29 is 14.3 Å². The molecule has 0 fully saturated rings. The molecule has 1 atom stereocenters. The lowest BCUT2D eigenvalue weighted by Gasteiger charge is -2.09. The lowest BCUT2D eigenvalue weighted by atomic mass is 9.95. The Morgan fingerprint density at radius 1 is 1.38 bits per heavy atom. The first-order valence-electron chi connectivity index (χ1n) is 5.51. The fourth-order valence-corrected chi connectivity index (χ4v) is 2.05. The molecule has 0 aromatic rings. The second kappa shape index (κ2) is 5.97. The summed E-state index contributed by atoms with van der Waals surface area (Å²) < 4.78 is 10.2. The normalized spacial score (nSPS) is 22.1. The molecule has 0 heterocycles. The molecule has 0 N–H and O–H groups in total. The molecule has 0 radical (unpaired) electrons. The van der Waals surface area contributed by atoms with Gasteiger partial charge in [-0.2, -0.15) is 0 Å². The van der Waals surface area contributed by atoms with Gasteiger partial charge < -0.3 is 9.47 Å². The van der Waals surface area contributed by atoms with Crippen molar-refractivity contribution in [3.05, 3.63) is 22.8 Å². The maximum absolute atomic E-state index is 12.1. The number of Topliss-reactive ketones (excluding diaryl/α,β-unsaturated/α-hetero) is 1. The van der Waals surface area contributed by atoms with E-state index in [0.717, 1.165) is 23.1 Å². The van der Waals surface area contributed by atoms with Crippen molar-refractivity contribution >= 4 is 5.78 Å². The highest BCUT2D eigenvalue weighted by Crippen LogP contribution is 2.33. The summed E-state index contributed by atoms with van der Waals surface area (Å²) >= 11 is 0. The van der Waals surface area contributed by atoms with Gasteiger partial charge in [-0.05, 0) is 25.8 Å². The molecule has 1 unspecified atom stereocenters. The standard InChI is InChI=1S/C13H20O3/c1-5-9(2)11-6-10(7-15-3)12(8-16-4)13(11)14/h5,11H,6-8H2,1-4H3/b9-5+. The van der Waals surface area contributed by atoms with E-state index >= 15 is 0 Å². The van der Waals surface area contributed by atoms with Gasteiger partial charge in [0, 0.05) is 25.7 Å². The van der Waals surface area contributed by atoms with Crippen LogP contribution in [0.2, 0.25) is 0 Å². The fraction of sp³-hybridized carbons (Fsp3) is 0.615. The zero-order valence-electron chi connectivity index (χ0n) is 10.5. The van der Waals surface area contributed by atoms with Gasteiger partial charge >= 0.3 is 0 Å². The van der Waals surface area contributed by atoms with E-state index < -0.39 is 0 Å². The number of carbonyl (C=O) groups excluding carboxylic acids is 1. The number of ketones is 1. The molecule has 1 rings (SSSR count).